The first-order valence-corrected chi connectivity index (χ1v) is 6.86. The summed E-state index contributed by atoms with van der Waals surface area (Å²) >= 11 is 1.62. The Balaban J connectivity index is 1.93. The molecule has 0 amide bonds. The highest BCUT2D eigenvalue weighted by Crippen LogP contribution is 2.26. The van der Waals surface area contributed by atoms with Gasteiger partial charge in [0.25, 0.3) is 0 Å². The van der Waals surface area contributed by atoms with Crippen LogP contribution in [0.3, 0.4) is 0 Å². The lowest BCUT2D eigenvalue weighted by Crippen LogP contribution is -1.93. The number of fused-ring (bicyclic) bond motifs is 1. The molecule has 1 aromatic carbocycles. The van der Waals surface area contributed by atoms with E-state index >= 15 is 0 Å². The van der Waals surface area contributed by atoms with Crippen molar-refractivity contribution in [2.45, 2.75) is 10.9 Å². The van der Waals surface area contributed by atoms with E-state index in [-0.39, 0.29) is 5.82 Å². The van der Waals surface area contributed by atoms with Crippen molar-refractivity contribution >= 4 is 22.7 Å². The number of imidazole rings is 1. The molecule has 2 heterocycles. The van der Waals surface area contributed by atoms with E-state index in [1.165, 1.54) is 6.07 Å². The number of hydrogen-bond donors (Lipinski definition) is 0. The lowest BCUT2D eigenvalue weighted by Gasteiger charge is -2.06. The fourth-order valence-electron chi connectivity index (χ4n) is 1.95. The Labute approximate surface area is 114 Å². The molecule has 2 aromatic heterocycles. The summed E-state index contributed by atoms with van der Waals surface area (Å²) in [6, 6.07) is 6.80. The van der Waals surface area contributed by atoms with Crippen LogP contribution in [0.5, 0.6) is 0 Å². The molecule has 3 aromatic rings. The van der Waals surface area contributed by atoms with Crippen molar-refractivity contribution in [3.05, 3.63) is 54.2 Å². The van der Waals surface area contributed by atoms with Gasteiger partial charge in [-0.3, -0.25) is 4.98 Å². The van der Waals surface area contributed by atoms with Crippen molar-refractivity contribution in [2.24, 2.45) is 7.05 Å². The number of aromatic nitrogens is 3. The lowest BCUT2D eigenvalue weighted by atomic mass is 10.1. The van der Waals surface area contributed by atoms with E-state index in [1.807, 2.05) is 17.8 Å². The number of rotatable bonds is 3. The number of halogens is 1. The van der Waals surface area contributed by atoms with Gasteiger partial charge in [-0.25, -0.2) is 9.37 Å². The number of benzene rings is 1. The largest absolute Gasteiger partial charge is 0.329 e. The Bertz CT molecular complexity index is 724. The summed E-state index contributed by atoms with van der Waals surface area (Å²) < 4.78 is 15.6. The number of nitrogens with zero attached hydrogens (tertiary/aromatic N) is 3. The molecule has 0 bridgehead atoms. The van der Waals surface area contributed by atoms with E-state index in [0.29, 0.717) is 5.39 Å². The second-order valence-corrected chi connectivity index (χ2v) is 5.16. The topological polar surface area (TPSA) is 30.7 Å². The van der Waals surface area contributed by atoms with E-state index in [1.54, 1.807) is 42.4 Å². The van der Waals surface area contributed by atoms with Gasteiger partial charge in [-0.05, 0) is 23.8 Å². The number of aryl methyl sites for hydroxylation is 1. The smallest absolute Gasteiger partial charge is 0.167 e. The van der Waals surface area contributed by atoms with Crippen LogP contribution in [0.4, 0.5) is 4.39 Å². The zero-order chi connectivity index (χ0) is 13.2. The second-order valence-electron chi connectivity index (χ2n) is 4.22. The summed E-state index contributed by atoms with van der Waals surface area (Å²) in [5.41, 5.74) is 1.74. The van der Waals surface area contributed by atoms with Crippen LogP contribution in [0.15, 0.2) is 48.0 Å². The maximum atomic E-state index is 13.7. The Kier molecular flexibility index (Phi) is 3.21. The Morgan fingerprint density at radius 2 is 2.11 bits per heavy atom. The van der Waals surface area contributed by atoms with Crippen LogP contribution < -0.4 is 0 Å². The highest BCUT2D eigenvalue weighted by Gasteiger charge is 2.08. The van der Waals surface area contributed by atoms with E-state index in [4.69, 9.17) is 0 Å². The minimum absolute atomic E-state index is 0.228. The first-order chi connectivity index (χ1) is 9.25. The third-order valence-electron chi connectivity index (χ3n) is 2.93. The molecule has 0 saturated carbocycles. The van der Waals surface area contributed by atoms with Gasteiger partial charge in [0.1, 0.15) is 5.82 Å². The highest BCUT2D eigenvalue weighted by molar-refractivity contribution is 7.98. The lowest BCUT2D eigenvalue weighted by molar-refractivity contribution is 0.639. The van der Waals surface area contributed by atoms with Crippen LogP contribution in [-0.2, 0) is 12.8 Å². The van der Waals surface area contributed by atoms with Crippen LogP contribution in [0.2, 0.25) is 0 Å². The molecule has 0 fully saturated rings. The molecule has 0 aliphatic heterocycles. The quantitative estimate of drug-likeness (QED) is 0.685. The van der Waals surface area contributed by atoms with Crippen molar-refractivity contribution in [1.82, 2.24) is 14.5 Å². The first kappa shape index (κ1) is 12.2. The molecule has 3 nitrogen and oxygen atoms in total. The van der Waals surface area contributed by atoms with Gasteiger partial charge in [0.2, 0.25) is 0 Å². The summed E-state index contributed by atoms with van der Waals surface area (Å²) in [4.78, 5) is 8.54. The zero-order valence-electron chi connectivity index (χ0n) is 10.4. The van der Waals surface area contributed by atoms with Gasteiger partial charge in [-0.2, -0.15) is 0 Å². The average molecular weight is 273 g/mol. The van der Waals surface area contributed by atoms with Gasteiger partial charge in [0.05, 0.1) is 5.52 Å². The maximum absolute atomic E-state index is 13.7. The fraction of sp³-hybridized carbons (Fsp3) is 0.143. The molecular formula is C14H12FN3S. The molecule has 0 N–H and O–H groups in total. The molecule has 0 atom stereocenters. The van der Waals surface area contributed by atoms with Crippen LogP contribution >= 0.6 is 11.8 Å². The van der Waals surface area contributed by atoms with Gasteiger partial charge in [0.15, 0.2) is 5.16 Å². The van der Waals surface area contributed by atoms with Gasteiger partial charge in [-0.1, -0.05) is 17.8 Å². The van der Waals surface area contributed by atoms with E-state index in [0.717, 1.165) is 22.0 Å². The fourth-order valence-corrected chi connectivity index (χ4v) is 2.86. The predicted octanol–water partition coefficient (Wildman–Crippen LogP) is 3.40. The van der Waals surface area contributed by atoms with Crippen molar-refractivity contribution < 1.29 is 4.39 Å². The molecule has 0 radical (unpaired) electrons. The van der Waals surface area contributed by atoms with Crippen LogP contribution in [0.1, 0.15) is 5.56 Å². The summed E-state index contributed by atoms with van der Waals surface area (Å²) in [5.74, 6) is 0.493. The molecule has 96 valence electrons. The highest BCUT2D eigenvalue weighted by atomic mass is 32.2. The number of hydrogen-bond acceptors (Lipinski definition) is 3. The normalized spacial score (nSPS) is 11.1. The van der Waals surface area contributed by atoms with E-state index in [2.05, 4.69) is 9.97 Å². The maximum Gasteiger partial charge on any atom is 0.167 e. The monoisotopic (exact) mass is 273 g/mol. The molecule has 19 heavy (non-hydrogen) atoms. The van der Waals surface area contributed by atoms with Gasteiger partial charge >= 0.3 is 0 Å². The van der Waals surface area contributed by atoms with Gasteiger partial charge in [-0.15, -0.1) is 0 Å². The molecule has 0 aliphatic carbocycles. The zero-order valence-corrected chi connectivity index (χ0v) is 11.2. The van der Waals surface area contributed by atoms with Gasteiger partial charge in [0, 0.05) is 36.8 Å². The third-order valence-corrected chi connectivity index (χ3v) is 4.04. The molecule has 0 saturated heterocycles. The van der Waals surface area contributed by atoms with Crippen molar-refractivity contribution in [2.75, 3.05) is 0 Å². The summed E-state index contributed by atoms with van der Waals surface area (Å²) in [6.45, 7) is 0. The van der Waals surface area contributed by atoms with Crippen LogP contribution in [0, 0.1) is 5.82 Å². The Hall–Kier alpha value is -1.88. The number of pyridine rings is 1. The predicted molar refractivity (Wildman–Crippen MR) is 74.5 cm³/mol. The summed E-state index contributed by atoms with van der Waals surface area (Å²) in [7, 11) is 1.95. The Morgan fingerprint density at radius 3 is 2.89 bits per heavy atom. The van der Waals surface area contributed by atoms with Crippen molar-refractivity contribution in [3.63, 3.8) is 0 Å². The Morgan fingerprint density at radius 1 is 1.21 bits per heavy atom. The molecular weight excluding hydrogens is 261 g/mol. The van der Waals surface area contributed by atoms with E-state index < -0.39 is 0 Å². The third kappa shape index (κ3) is 2.33. The first-order valence-electron chi connectivity index (χ1n) is 5.88. The number of thioether (sulfide) groups is 1. The SMILES string of the molecule is Cn1ccnc1SCc1ccc(F)c2cccnc12. The molecule has 3 rings (SSSR count). The standard InChI is InChI=1S/C14H12FN3S/c1-18-8-7-17-14(18)19-9-10-4-5-12(15)11-3-2-6-16-13(10)11/h2-8H,9H2,1H3. The van der Waals surface area contributed by atoms with Crippen LogP contribution in [-0.4, -0.2) is 14.5 Å². The molecule has 0 spiro atoms. The van der Waals surface area contributed by atoms with E-state index in [9.17, 15) is 4.39 Å². The van der Waals surface area contributed by atoms with Crippen molar-refractivity contribution in [3.8, 4) is 0 Å². The van der Waals surface area contributed by atoms with Crippen LogP contribution in [0.25, 0.3) is 10.9 Å². The molecule has 5 heteroatoms. The molecule has 0 unspecified atom stereocenters. The summed E-state index contributed by atoms with van der Waals surface area (Å²) in [5, 5.41) is 1.51. The van der Waals surface area contributed by atoms with Crippen molar-refractivity contribution in [1.29, 1.82) is 0 Å². The van der Waals surface area contributed by atoms with Gasteiger partial charge < -0.3 is 4.57 Å². The minimum Gasteiger partial charge on any atom is -0.329 e. The second kappa shape index (κ2) is 5.01. The minimum atomic E-state index is -0.228. The average Bonchev–Trinajstić information content (AvgIpc) is 2.84. The summed E-state index contributed by atoms with van der Waals surface area (Å²) in [6.07, 6.45) is 5.36. The molecule has 0 aliphatic rings.